The van der Waals surface area contributed by atoms with Gasteiger partial charge in [0, 0.05) is 13.5 Å². The van der Waals surface area contributed by atoms with Crippen molar-refractivity contribution in [2.75, 3.05) is 7.05 Å². The molecule has 1 aliphatic carbocycles. The van der Waals surface area contributed by atoms with Crippen LogP contribution in [0.4, 0.5) is 4.79 Å². The van der Waals surface area contributed by atoms with Gasteiger partial charge in [0.15, 0.2) is 0 Å². The van der Waals surface area contributed by atoms with Crippen molar-refractivity contribution in [3.63, 3.8) is 0 Å². The van der Waals surface area contributed by atoms with E-state index in [1.165, 1.54) is 4.90 Å². The van der Waals surface area contributed by atoms with Crippen molar-refractivity contribution in [2.45, 2.75) is 51.7 Å². The van der Waals surface area contributed by atoms with E-state index in [1.54, 1.807) is 7.05 Å². The number of nitrogens with one attached hydrogen (secondary N) is 1. The number of hydrogen-bond donors (Lipinski definition) is 1. The number of nitrogens with zero attached hydrogens (tertiary/aromatic N) is 1. The first-order valence-corrected chi connectivity index (χ1v) is 6.45. The Bertz CT molecular complexity index is 523. The highest BCUT2D eigenvalue weighted by atomic mass is 16.6. The van der Waals surface area contributed by atoms with Gasteiger partial charge < -0.3 is 14.2 Å². The smallest absolute Gasteiger partial charge is 0.410 e. The predicted molar refractivity (Wildman–Crippen MR) is 69.0 cm³/mol. The number of hydrogen-bond acceptors (Lipinski definition) is 4. The first-order chi connectivity index (χ1) is 8.79. The summed E-state index contributed by atoms with van der Waals surface area (Å²) in [6, 6.07) is -0.277. The maximum absolute atomic E-state index is 12.1. The van der Waals surface area contributed by atoms with E-state index >= 15 is 0 Å². The Morgan fingerprint density at radius 2 is 2.16 bits per heavy atom. The molecule has 0 saturated heterocycles. The van der Waals surface area contributed by atoms with Crippen LogP contribution in [0.15, 0.2) is 9.32 Å². The Hall–Kier alpha value is -1.72. The van der Waals surface area contributed by atoms with Crippen molar-refractivity contribution >= 4 is 6.09 Å². The second-order valence-corrected chi connectivity index (χ2v) is 5.87. The number of aromatic amines is 1. The van der Waals surface area contributed by atoms with E-state index in [-0.39, 0.29) is 11.6 Å². The van der Waals surface area contributed by atoms with Gasteiger partial charge >= 0.3 is 6.09 Å². The van der Waals surface area contributed by atoms with E-state index < -0.39 is 11.7 Å². The number of ether oxygens (including phenoxy) is 1. The topological polar surface area (TPSA) is 75.5 Å². The molecule has 1 aromatic heterocycles. The molecule has 0 aliphatic heterocycles. The second kappa shape index (κ2) is 4.75. The summed E-state index contributed by atoms with van der Waals surface area (Å²) in [4.78, 5) is 25.3. The van der Waals surface area contributed by atoms with E-state index in [1.807, 2.05) is 20.8 Å². The van der Waals surface area contributed by atoms with Gasteiger partial charge in [-0.3, -0.25) is 4.79 Å². The van der Waals surface area contributed by atoms with Crippen LogP contribution in [0.3, 0.4) is 0 Å². The van der Waals surface area contributed by atoms with Crippen molar-refractivity contribution in [3.05, 3.63) is 21.7 Å². The van der Waals surface area contributed by atoms with Gasteiger partial charge in [-0.15, -0.1) is 0 Å². The maximum atomic E-state index is 12.1. The zero-order valence-electron chi connectivity index (χ0n) is 11.8. The average Bonchev–Trinajstić information content (AvgIpc) is 2.68. The zero-order valence-corrected chi connectivity index (χ0v) is 11.8. The number of amides is 1. The lowest BCUT2D eigenvalue weighted by Crippen LogP contribution is -2.39. The molecular weight excluding hydrogens is 248 g/mol. The van der Waals surface area contributed by atoms with Crippen LogP contribution in [0.5, 0.6) is 0 Å². The molecule has 0 aromatic carbocycles. The van der Waals surface area contributed by atoms with Crippen molar-refractivity contribution in [3.8, 4) is 0 Å². The summed E-state index contributed by atoms with van der Waals surface area (Å²) in [5.41, 5.74) is -0.249. The van der Waals surface area contributed by atoms with Crippen LogP contribution >= 0.6 is 0 Å². The van der Waals surface area contributed by atoms with Crippen molar-refractivity contribution in [2.24, 2.45) is 0 Å². The number of aromatic nitrogens is 1. The minimum atomic E-state index is -0.550. The van der Waals surface area contributed by atoms with Crippen LogP contribution in [0, 0.1) is 0 Å². The summed E-state index contributed by atoms with van der Waals surface area (Å²) in [5.74, 6) is 0.650. The Morgan fingerprint density at radius 3 is 2.79 bits per heavy atom. The molecular formula is C13H20N2O4. The molecule has 1 atom stereocenters. The van der Waals surface area contributed by atoms with E-state index in [0.29, 0.717) is 11.3 Å². The first-order valence-electron chi connectivity index (χ1n) is 6.45. The minimum Gasteiger partial charge on any atom is -0.444 e. The van der Waals surface area contributed by atoms with Gasteiger partial charge in [-0.2, -0.15) is 5.16 Å². The minimum absolute atomic E-state index is 0.255. The fourth-order valence-electron chi connectivity index (χ4n) is 2.32. The van der Waals surface area contributed by atoms with Gasteiger partial charge in [0.05, 0.1) is 11.6 Å². The highest BCUT2D eigenvalue weighted by molar-refractivity contribution is 5.68. The Kier molecular flexibility index (Phi) is 3.43. The molecule has 0 radical (unpaired) electrons. The lowest BCUT2D eigenvalue weighted by molar-refractivity contribution is 0.0202. The molecule has 1 N–H and O–H groups in total. The lowest BCUT2D eigenvalue weighted by Gasteiger charge is -2.31. The molecule has 2 rings (SSSR count). The molecule has 1 aliphatic rings. The Labute approximate surface area is 111 Å². The maximum Gasteiger partial charge on any atom is 0.410 e. The molecule has 106 valence electrons. The molecule has 0 bridgehead atoms. The second-order valence-electron chi connectivity index (χ2n) is 5.87. The van der Waals surface area contributed by atoms with Crippen LogP contribution in [-0.2, 0) is 11.2 Å². The molecule has 1 heterocycles. The van der Waals surface area contributed by atoms with Crippen LogP contribution in [0.1, 0.15) is 51.0 Å². The summed E-state index contributed by atoms with van der Waals surface area (Å²) >= 11 is 0. The molecule has 1 aromatic rings. The molecule has 0 spiro atoms. The largest absolute Gasteiger partial charge is 0.444 e. The Balaban J connectivity index is 2.21. The van der Waals surface area contributed by atoms with Crippen molar-refractivity contribution in [1.29, 1.82) is 0 Å². The fraction of sp³-hybridized carbons (Fsp3) is 0.692. The van der Waals surface area contributed by atoms with Crippen LogP contribution in [0.25, 0.3) is 0 Å². The molecule has 1 amide bonds. The van der Waals surface area contributed by atoms with Crippen molar-refractivity contribution in [1.82, 2.24) is 10.1 Å². The van der Waals surface area contributed by atoms with Gasteiger partial charge in [0.1, 0.15) is 11.4 Å². The SMILES string of the molecule is CN(C(=O)OC(C)(C)C)C1CCCc2o[nH]c(=O)c21. The molecule has 1 unspecified atom stereocenters. The van der Waals surface area contributed by atoms with Gasteiger partial charge in [0.2, 0.25) is 0 Å². The summed E-state index contributed by atoms with van der Waals surface area (Å²) < 4.78 is 10.5. The highest BCUT2D eigenvalue weighted by Gasteiger charge is 2.33. The number of carbonyl (C=O) groups excluding carboxylic acids is 1. The average molecular weight is 268 g/mol. The fourth-order valence-corrected chi connectivity index (χ4v) is 2.32. The summed E-state index contributed by atoms with van der Waals surface area (Å²) in [6.07, 6.45) is 1.93. The van der Waals surface area contributed by atoms with E-state index in [9.17, 15) is 9.59 Å². The predicted octanol–water partition coefficient (Wildman–Crippen LogP) is 2.21. The highest BCUT2D eigenvalue weighted by Crippen LogP contribution is 2.31. The normalized spacial score (nSPS) is 18.8. The van der Waals surface area contributed by atoms with E-state index in [4.69, 9.17) is 9.26 Å². The third kappa shape index (κ3) is 2.83. The van der Waals surface area contributed by atoms with E-state index in [0.717, 1.165) is 19.3 Å². The van der Waals surface area contributed by atoms with Crippen LogP contribution in [-0.4, -0.2) is 28.8 Å². The van der Waals surface area contributed by atoms with Gasteiger partial charge in [-0.25, -0.2) is 4.79 Å². The third-order valence-corrected chi connectivity index (χ3v) is 3.18. The number of H-pyrrole nitrogens is 1. The molecule has 0 fully saturated rings. The van der Waals surface area contributed by atoms with Crippen molar-refractivity contribution < 1.29 is 14.1 Å². The van der Waals surface area contributed by atoms with Gasteiger partial charge in [0.25, 0.3) is 5.56 Å². The molecule has 19 heavy (non-hydrogen) atoms. The third-order valence-electron chi connectivity index (χ3n) is 3.18. The summed E-state index contributed by atoms with van der Waals surface area (Å²) in [6.45, 7) is 5.45. The summed E-state index contributed by atoms with van der Waals surface area (Å²) in [7, 11) is 1.65. The monoisotopic (exact) mass is 268 g/mol. The molecule has 6 heteroatoms. The van der Waals surface area contributed by atoms with Gasteiger partial charge in [-0.1, -0.05) is 0 Å². The number of rotatable bonds is 1. The molecule has 0 saturated carbocycles. The number of fused-ring (bicyclic) bond motifs is 1. The van der Waals surface area contributed by atoms with Crippen LogP contribution < -0.4 is 5.56 Å². The number of aryl methyl sites for hydroxylation is 1. The Morgan fingerprint density at radius 1 is 1.47 bits per heavy atom. The van der Waals surface area contributed by atoms with E-state index in [2.05, 4.69) is 5.16 Å². The first kappa shape index (κ1) is 13.7. The molecule has 6 nitrogen and oxygen atoms in total. The quantitative estimate of drug-likeness (QED) is 0.847. The lowest BCUT2D eigenvalue weighted by atomic mass is 9.93. The standard InChI is InChI=1S/C13H20N2O4/c1-13(2,3)18-12(17)15(4)8-6-5-7-9-10(8)11(16)14-19-9/h8H,5-7H2,1-4H3,(H,14,16). The van der Waals surface area contributed by atoms with Crippen LogP contribution in [0.2, 0.25) is 0 Å². The zero-order chi connectivity index (χ0) is 14.2. The number of carbonyl (C=O) groups is 1. The summed E-state index contributed by atoms with van der Waals surface area (Å²) in [5, 5.41) is 2.34. The van der Waals surface area contributed by atoms with Gasteiger partial charge in [-0.05, 0) is 33.6 Å².